The zero-order valence-corrected chi connectivity index (χ0v) is 18.1. The third kappa shape index (κ3) is 4.39. The van der Waals surface area contributed by atoms with Crippen LogP contribution in [0, 0.1) is 0 Å². The fraction of sp³-hybridized carbons (Fsp3) is 0.217. The van der Waals surface area contributed by atoms with Crippen LogP contribution in [0.25, 0.3) is 0 Å². The Morgan fingerprint density at radius 2 is 1.58 bits per heavy atom. The van der Waals surface area contributed by atoms with Crippen molar-refractivity contribution in [2.45, 2.75) is 4.90 Å². The number of anilines is 2. The Morgan fingerprint density at radius 1 is 0.903 bits per heavy atom. The summed E-state index contributed by atoms with van der Waals surface area (Å²) in [4.78, 5) is 21.2. The Balaban J connectivity index is 1.49. The molecule has 1 aromatic heterocycles. The Bertz CT molecular complexity index is 1150. The fourth-order valence-electron chi connectivity index (χ4n) is 3.63. The number of hydrogen-bond acceptors (Lipinski definition) is 5. The van der Waals surface area contributed by atoms with Gasteiger partial charge in [0.15, 0.2) is 0 Å². The minimum Gasteiger partial charge on any atom is -0.368 e. The number of hydrogen-bond donors (Lipinski definition) is 0. The van der Waals surface area contributed by atoms with Gasteiger partial charge in [0.25, 0.3) is 15.9 Å². The van der Waals surface area contributed by atoms with Gasteiger partial charge in [0, 0.05) is 56.9 Å². The Kier molecular flexibility index (Phi) is 5.90. The van der Waals surface area contributed by atoms with Gasteiger partial charge in [0.2, 0.25) is 0 Å². The third-order valence-electron chi connectivity index (χ3n) is 5.45. The minimum atomic E-state index is -3.78. The average molecular weight is 437 g/mol. The van der Waals surface area contributed by atoms with E-state index in [4.69, 9.17) is 0 Å². The van der Waals surface area contributed by atoms with Crippen LogP contribution < -0.4 is 9.21 Å². The van der Waals surface area contributed by atoms with Crippen molar-refractivity contribution in [3.05, 3.63) is 84.7 Å². The Hall–Kier alpha value is -3.39. The molecule has 1 amide bonds. The standard InChI is InChI=1S/C23H24N4O3S/c1-25(20-7-3-2-4-8-20)31(29,30)22-9-5-6-19(18-22)23(28)27-16-14-26(15-17-27)21-10-12-24-13-11-21/h2-13,18H,14-17H2,1H3. The molecule has 2 aromatic carbocycles. The van der Waals surface area contributed by atoms with Gasteiger partial charge in [-0.2, -0.15) is 0 Å². The summed E-state index contributed by atoms with van der Waals surface area (Å²) in [6.45, 7) is 2.57. The normalized spacial score (nSPS) is 14.4. The van der Waals surface area contributed by atoms with Gasteiger partial charge in [-0.1, -0.05) is 24.3 Å². The summed E-state index contributed by atoms with van der Waals surface area (Å²) in [6, 6.07) is 19.0. The molecule has 0 atom stereocenters. The Morgan fingerprint density at radius 3 is 2.26 bits per heavy atom. The first-order valence-electron chi connectivity index (χ1n) is 10.0. The molecule has 0 aliphatic carbocycles. The SMILES string of the molecule is CN(c1ccccc1)S(=O)(=O)c1cccc(C(=O)N2CCN(c3ccncc3)CC2)c1. The topological polar surface area (TPSA) is 73.8 Å². The number of amides is 1. The van der Waals surface area contributed by atoms with Crippen LogP contribution in [0.1, 0.15) is 10.4 Å². The zero-order chi connectivity index (χ0) is 21.8. The molecule has 3 aromatic rings. The molecule has 0 N–H and O–H groups in total. The first-order valence-corrected chi connectivity index (χ1v) is 11.5. The van der Waals surface area contributed by atoms with Crippen LogP contribution in [0.4, 0.5) is 11.4 Å². The van der Waals surface area contributed by atoms with Crippen LogP contribution in [-0.2, 0) is 10.0 Å². The monoisotopic (exact) mass is 436 g/mol. The smallest absolute Gasteiger partial charge is 0.264 e. The van der Waals surface area contributed by atoms with E-state index in [1.54, 1.807) is 53.7 Å². The van der Waals surface area contributed by atoms with E-state index in [0.29, 0.717) is 37.4 Å². The summed E-state index contributed by atoms with van der Waals surface area (Å²) in [5.41, 5.74) is 2.02. The fourth-order valence-corrected chi connectivity index (χ4v) is 4.87. The summed E-state index contributed by atoms with van der Waals surface area (Å²) in [5.74, 6) is -0.159. The number of para-hydroxylation sites is 1. The lowest BCUT2D eigenvalue weighted by molar-refractivity contribution is 0.0746. The van der Waals surface area contributed by atoms with Gasteiger partial charge in [-0.05, 0) is 42.5 Å². The number of sulfonamides is 1. The van der Waals surface area contributed by atoms with Crippen molar-refractivity contribution < 1.29 is 13.2 Å². The van der Waals surface area contributed by atoms with Gasteiger partial charge in [-0.25, -0.2) is 8.42 Å². The highest BCUT2D eigenvalue weighted by molar-refractivity contribution is 7.92. The second-order valence-corrected chi connectivity index (χ2v) is 9.29. The van der Waals surface area contributed by atoms with Crippen molar-refractivity contribution in [2.24, 2.45) is 0 Å². The third-order valence-corrected chi connectivity index (χ3v) is 7.24. The second kappa shape index (κ2) is 8.77. The van der Waals surface area contributed by atoms with Crippen molar-refractivity contribution in [1.82, 2.24) is 9.88 Å². The van der Waals surface area contributed by atoms with Crippen LogP contribution in [0.2, 0.25) is 0 Å². The predicted octanol–water partition coefficient (Wildman–Crippen LogP) is 2.87. The maximum Gasteiger partial charge on any atom is 0.264 e. The molecule has 0 radical (unpaired) electrons. The van der Waals surface area contributed by atoms with E-state index < -0.39 is 10.0 Å². The van der Waals surface area contributed by atoms with Gasteiger partial charge in [0.05, 0.1) is 10.6 Å². The summed E-state index contributed by atoms with van der Waals surface area (Å²) in [6.07, 6.45) is 3.51. The van der Waals surface area contributed by atoms with Crippen molar-refractivity contribution in [2.75, 3.05) is 42.4 Å². The van der Waals surface area contributed by atoms with Crippen LogP contribution in [0.5, 0.6) is 0 Å². The molecule has 0 saturated carbocycles. The highest BCUT2D eigenvalue weighted by atomic mass is 32.2. The van der Waals surface area contributed by atoms with Crippen LogP contribution >= 0.6 is 0 Å². The highest BCUT2D eigenvalue weighted by Gasteiger charge is 2.25. The number of nitrogens with zero attached hydrogens (tertiary/aromatic N) is 4. The molecule has 2 heterocycles. The number of carbonyl (C=O) groups excluding carboxylic acids is 1. The van der Waals surface area contributed by atoms with Gasteiger partial charge in [-0.3, -0.25) is 14.1 Å². The summed E-state index contributed by atoms with van der Waals surface area (Å²) < 4.78 is 27.4. The van der Waals surface area contributed by atoms with Gasteiger partial charge >= 0.3 is 0 Å². The zero-order valence-electron chi connectivity index (χ0n) is 17.3. The molecule has 0 bridgehead atoms. The quantitative estimate of drug-likeness (QED) is 0.615. The summed E-state index contributed by atoms with van der Waals surface area (Å²) in [7, 11) is -2.26. The second-order valence-electron chi connectivity index (χ2n) is 7.32. The van der Waals surface area contributed by atoms with Gasteiger partial charge in [0.1, 0.15) is 0 Å². The van der Waals surface area contributed by atoms with E-state index in [1.807, 2.05) is 18.2 Å². The molecule has 7 nitrogen and oxygen atoms in total. The lowest BCUT2D eigenvalue weighted by Crippen LogP contribution is -2.48. The van der Waals surface area contributed by atoms with E-state index in [0.717, 1.165) is 5.69 Å². The lowest BCUT2D eigenvalue weighted by atomic mass is 10.1. The van der Waals surface area contributed by atoms with Crippen molar-refractivity contribution >= 4 is 27.3 Å². The first kappa shape index (κ1) is 20.9. The van der Waals surface area contributed by atoms with Crippen LogP contribution in [0.15, 0.2) is 84.0 Å². The molecule has 0 unspecified atom stereocenters. The molecule has 4 rings (SSSR count). The molecule has 1 aliphatic rings. The molecule has 160 valence electrons. The molecule has 1 aliphatic heterocycles. The van der Waals surface area contributed by atoms with E-state index in [-0.39, 0.29) is 10.8 Å². The summed E-state index contributed by atoms with van der Waals surface area (Å²) >= 11 is 0. The molecular formula is C23H24N4O3S. The number of piperazine rings is 1. The van der Waals surface area contributed by atoms with E-state index in [1.165, 1.54) is 23.5 Å². The molecular weight excluding hydrogens is 412 g/mol. The number of aromatic nitrogens is 1. The Labute approximate surface area is 182 Å². The number of benzene rings is 2. The van der Waals surface area contributed by atoms with E-state index in [9.17, 15) is 13.2 Å². The van der Waals surface area contributed by atoms with Gasteiger partial charge < -0.3 is 9.80 Å². The highest BCUT2D eigenvalue weighted by Crippen LogP contribution is 2.23. The minimum absolute atomic E-state index is 0.0973. The maximum absolute atomic E-state index is 13.1. The largest absolute Gasteiger partial charge is 0.368 e. The first-order chi connectivity index (χ1) is 15.0. The molecule has 8 heteroatoms. The summed E-state index contributed by atoms with van der Waals surface area (Å²) in [5, 5.41) is 0. The molecule has 31 heavy (non-hydrogen) atoms. The molecule has 1 fully saturated rings. The van der Waals surface area contributed by atoms with Crippen molar-refractivity contribution in [3.63, 3.8) is 0 Å². The van der Waals surface area contributed by atoms with Crippen molar-refractivity contribution in [3.8, 4) is 0 Å². The van der Waals surface area contributed by atoms with Gasteiger partial charge in [-0.15, -0.1) is 0 Å². The molecule has 0 spiro atoms. The van der Waals surface area contributed by atoms with Crippen LogP contribution in [0.3, 0.4) is 0 Å². The number of pyridine rings is 1. The average Bonchev–Trinajstić information content (AvgIpc) is 2.84. The van der Waals surface area contributed by atoms with E-state index in [2.05, 4.69) is 9.88 Å². The van der Waals surface area contributed by atoms with Crippen molar-refractivity contribution in [1.29, 1.82) is 0 Å². The predicted molar refractivity (Wildman–Crippen MR) is 121 cm³/mol. The lowest BCUT2D eigenvalue weighted by Gasteiger charge is -2.36. The number of carbonyl (C=O) groups is 1. The molecule has 1 saturated heterocycles. The number of rotatable bonds is 5. The maximum atomic E-state index is 13.1. The van der Waals surface area contributed by atoms with Crippen LogP contribution in [-0.4, -0.2) is 57.4 Å². The van der Waals surface area contributed by atoms with E-state index >= 15 is 0 Å².